The summed E-state index contributed by atoms with van der Waals surface area (Å²) < 4.78 is 5.48. The van der Waals surface area contributed by atoms with Gasteiger partial charge in [0.15, 0.2) is 0 Å². The molecule has 4 heteroatoms. The summed E-state index contributed by atoms with van der Waals surface area (Å²) in [6, 6.07) is 4.29. The van der Waals surface area contributed by atoms with Gasteiger partial charge in [0.2, 0.25) is 0 Å². The first-order chi connectivity index (χ1) is 8.45. The van der Waals surface area contributed by atoms with Crippen molar-refractivity contribution in [2.45, 2.75) is 19.9 Å². The fraction of sp³-hybridized carbons (Fsp3) is 0.500. The average Bonchev–Trinajstić information content (AvgIpc) is 2.56. The molecule has 0 saturated carbocycles. The Morgan fingerprint density at radius 3 is 2.44 bits per heavy atom. The largest absolute Gasteiger partial charge is 0.496 e. The van der Waals surface area contributed by atoms with Crippen LogP contribution in [-0.2, 0) is 0 Å². The van der Waals surface area contributed by atoms with E-state index in [2.05, 4.69) is 19.9 Å². The predicted octanol–water partition coefficient (Wildman–Crippen LogP) is 2.35. The van der Waals surface area contributed by atoms with Gasteiger partial charge in [-0.15, -0.1) is 0 Å². The highest BCUT2D eigenvalue weighted by atomic mass is 16.5. The number of carbonyl (C=O) groups excluding carboxylic acids is 1. The van der Waals surface area contributed by atoms with Crippen LogP contribution in [0.3, 0.4) is 0 Å². The topological polar surface area (TPSA) is 32.8 Å². The van der Waals surface area contributed by atoms with Gasteiger partial charge < -0.3 is 14.5 Å². The minimum atomic E-state index is 0.0574. The van der Waals surface area contributed by atoms with Crippen LogP contribution < -0.4 is 4.74 Å². The highest BCUT2D eigenvalue weighted by molar-refractivity contribution is 5.77. The summed E-state index contributed by atoms with van der Waals surface area (Å²) in [4.78, 5) is 15.4. The first-order valence-corrected chi connectivity index (χ1v) is 6.08. The molecule has 98 valence electrons. The van der Waals surface area contributed by atoms with Crippen LogP contribution in [0.5, 0.6) is 5.75 Å². The number of nitrogens with zero attached hydrogens (tertiary/aromatic N) is 2. The summed E-state index contributed by atoms with van der Waals surface area (Å²) in [7, 11) is 5.35. The molecule has 1 aliphatic heterocycles. The Labute approximate surface area is 108 Å². The number of aryl methyl sites for hydroxylation is 2. The molecule has 1 unspecified atom stereocenters. The summed E-state index contributed by atoms with van der Waals surface area (Å²) in [5.41, 5.74) is 3.46. The van der Waals surface area contributed by atoms with Gasteiger partial charge in [-0.2, -0.15) is 0 Å². The molecule has 4 nitrogen and oxygen atoms in total. The molecule has 1 aromatic rings. The molecule has 1 aromatic carbocycles. The van der Waals surface area contributed by atoms with Crippen LogP contribution in [0.25, 0.3) is 0 Å². The van der Waals surface area contributed by atoms with E-state index in [0.717, 1.165) is 11.3 Å². The van der Waals surface area contributed by atoms with Crippen molar-refractivity contribution in [3.05, 3.63) is 28.8 Å². The highest BCUT2D eigenvalue weighted by Crippen LogP contribution is 2.36. The van der Waals surface area contributed by atoms with E-state index in [-0.39, 0.29) is 12.1 Å². The Kier molecular flexibility index (Phi) is 3.20. The van der Waals surface area contributed by atoms with Crippen molar-refractivity contribution in [3.63, 3.8) is 0 Å². The number of ether oxygens (including phenoxy) is 1. The first kappa shape index (κ1) is 12.7. The van der Waals surface area contributed by atoms with Gasteiger partial charge in [-0.25, -0.2) is 4.79 Å². The van der Waals surface area contributed by atoms with E-state index in [9.17, 15) is 4.79 Å². The Bertz CT molecular complexity index is 485. The van der Waals surface area contributed by atoms with Crippen molar-refractivity contribution < 1.29 is 9.53 Å². The maximum absolute atomic E-state index is 11.9. The lowest BCUT2D eigenvalue weighted by molar-refractivity contribution is 0.201. The van der Waals surface area contributed by atoms with E-state index in [1.807, 2.05) is 20.2 Å². The van der Waals surface area contributed by atoms with E-state index >= 15 is 0 Å². The summed E-state index contributed by atoms with van der Waals surface area (Å²) in [5, 5.41) is 0. The van der Waals surface area contributed by atoms with E-state index < -0.39 is 0 Å². The van der Waals surface area contributed by atoms with Crippen molar-refractivity contribution in [2.75, 3.05) is 27.7 Å². The summed E-state index contributed by atoms with van der Waals surface area (Å²) >= 11 is 0. The van der Waals surface area contributed by atoms with E-state index in [0.29, 0.717) is 6.54 Å². The van der Waals surface area contributed by atoms with Gasteiger partial charge in [-0.1, -0.05) is 6.07 Å². The van der Waals surface area contributed by atoms with E-state index in [1.165, 1.54) is 11.1 Å². The van der Waals surface area contributed by atoms with E-state index in [4.69, 9.17) is 4.74 Å². The molecular weight excluding hydrogens is 228 g/mol. The molecule has 1 saturated heterocycles. The van der Waals surface area contributed by atoms with Crippen molar-refractivity contribution in [3.8, 4) is 5.75 Å². The minimum absolute atomic E-state index is 0.0574. The number of urea groups is 1. The second-order valence-electron chi connectivity index (χ2n) is 4.99. The van der Waals surface area contributed by atoms with Crippen LogP contribution in [0.4, 0.5) is 4.79 Å². The van der Waals surface area contributed by atoms with Crippen LogP contribution >= 0.6 is 0 Å². The molecule has 0 N–H and O–H groups in total. The maximum atomic E-state index is 11.9. The minimum Gasteiger partial charge on any atom is -0.496 e. The van der Waals surface area contributed by atoms with Crippen molar-refractivity contribution in [2.24, 2.45) is 0 Å². The average molecular weight is 248 g/mol. The zero-order chi connectivity index (χ0) is 13.4. The molecule has 1 atom stereocenters. The number of hydrogen-bond donors (Lipinski definition) is 0. The molecule has 1 aliphatic rings. The van der Waals surface area contributed by atoms with Gasteiger partial charge in [-0.3, -0.25) is 0 Å². The monoisotopic (exact) mass is 248 g/mol. The summed E-state index contributed by atoms with van der Waals surface area (Å²) in [6.45, 7) is 4.83. The number of hydrogen-bond acceptors (Lipinski definition) is 2. The maximum Gasteiger partial charge on any atom is 0.320 e. The summed E-state index contributed by atoms with van der Waals surface area (Å²) in [6.07, 6.45) is 0. The second kappa shape index (κ2) is 4.52. The van der Waals surface area contributed by atoms with Gasteiger partial charge in [0.05, 0.1) is 13.2 Å². The molecule has 0 radical (unpaired) electrons. The third-order valence-electron chi connectivity index (χ3n) is 3.59. The van der Waals surface area contributed by atoms with E-state index in [1.54, 1.807) is 16.9 Å². The zero-order valence-electron chi connectivity index (χ0n) is 11.7. The van der Waals surface area contributed by atoms with Crippen LogP contribution in [0, 0.1) is 13.8 Å². The first-order valence-electron chi connectivity index (χ1n) is 6.08. The Morgan fingerprint density at radius 1 is 1.28 bits per heavy atom. The van der Waals surface area contributed by atoms with Gasteiger partial charge in [-0.05, 0) is 31.0 Å². The SMILES string of the molecule is COc1cc(C)cc(C)c1C1CN(C)C(=O)N1C. The number of methoxy groups -OCH3 is 1. The van der Waals surface area contributed by atoms with Gasteiger partial charge in [0.25, 0.3) is 0 Å². The molecule has 1 heterocycles. The lowest BCUT2D eigenvalue weighted by Crippen LogP contribution is -2.27. The molecule has 0 bridgehead atoms. The summed E-state index contributed by atoms with van der Waals surface area (Å²) in [5.74, 6) is 0.868. The van der Waals surface area contributed by atoms with Crippen molar-refractivity contribution in [1.82, 2.24) is 9.80 Å². The van der Waals surface area contributed by atoms with Crippen LogP contribution in [0.2, 0.25) is 0 Å². The molecule has 18 heavy (non-hydrogen) atoms. The molecule has 0 aliphatic carbocycles. The molecule has 0 spiro atoms. The van der Waals surface area contributed by atoms with Crippen molar-refractivity contribution in [1.29, 1.82) is 0 Å². The molecule has 2 rings (SSSR count). The van der Waals surface area contributed by atoms with Crippen LogP contribution in [0.15, 0.2) is 12.1 Å². The van der Waals surface area contributed by atoms with Gasteiger partial charge in [0, 0.05) is 26.2 Å². The quantitative estimate of drug-likeness (QED) is 0.805. The number of carbonyl (C=O) groups is 1. The Morgan fingerprint density at radius 2 is 1.94 bits per heavy atom. The standard InChI is InChI=1S/C14H20N2O2/c1-9-6-10(2)13(12(7-9)18-5)11-8-15(3)14(17)16(11)4/h6-7,11H,8H2,1-5H3. The number of benzene rings is 1. The number of rotatable bonds is 2. The number of likely N-dealkylation sites (N-methyl/N-ethyl adjacent to an activating group) is 2. The van der Waals surface area contributed by atoms with Crippen LogP contribution in [0.1, 0.15) is 22.7 Å². The second-order valence-corrected chi connectivity index (χ2v) is 4.99. The normalized spacial score (nSPS) is 19.6. The highest BCUT2D eigenvalue weighted by Gasteiger charge is 2.35. The van der Waals surface area contributed by atoms with Gasteiger partial charge in [0.1, 0.15) is 5.75 Å². The number of amides is 2. The Balaban J connectivity index is 2.48. The molecule has 1 fully saturated rings. The van der Waals surface area contributed by atoms with Gasteiger partial charge >= 0.3 is 6.03 Å². The third-order valence-corrected chi connectivity index (χ3v) is 3.59. The Hall–Kier alpha value is -1.71. The van der Waals surface area contributed by atoms with Crippen LogP contribution in [-0.4, -0.2) is 43.6 Å². The predicted molar refractivity (Wildman–Crippen MR) is 71.0 cm³/mol. The van der Waals surface area contributed by atoms with Crippen molar-refractivity contribution >= 4 is 6.03 Å². The zero-order valence-corrected chi connectivity index (χ0v) is 11.7. The lowest BCUT2D eigenvalue weighted by Gasteiger charge is -2.23. The fourth-order valence-electron chi connectivity index (χ4n) is 2.68. The fourth-order valence-corrected chi connectivity index (χ4v) is 2.68. The third kappa shape index (κ3) is 1.92. The lowest BCUT2D eigenvalue weighted by atomic mass is 9.97. The smallest absolute Gasteiger partial charge is 0.320 e. The molecule has 2 amide bonds. The molecule has 0 aromatic heterocycles. The molecular formula is C14H20N2O2.